The van der Waals surface area contributed by atoms with Crippen LogP contribution in [-0.2, 0) is 31.6 Å². The average Bonchev–Trinajstić information content (AvgIpc) is 3.66. The Bertz CT molecular complexity index is 1540. The number of benzene rings is 2. The number of aromatic nitrogens is 2. The van der Waals surface area contributed by atoms with Crippen LogP contribution in [0, 0.1) is 0 Å². The second-order valence-electron chi connectivity index (χ2n) is 10.4. The van der Waals surface area contributed by atoms with E-state index in [0.717, 1.165) is 50.5 Å². The number of fused-ring (bicyclic) bond motifs is 4. The topological polar surface area (TPSA) is 103 Å². The van der Waals surface area contributed by atoms with Crippen molar-refractivity contribution >= 4 is 15.7 Å². The van der Waals surface area contributed by atoms with Crippen molar-refractivity contribution in [3.05, 3.63) is 59.3 Å². The summed E-state index contributed by atoms with van der Waals surface area (Å²) >= 11 is 0. The lowest BCUT2D eigenvalue weighted by Gasteiger charge is -2.26. The molecule has 2 atom stereocenters. The van der Waals surface area contributed by atoms with E-state index in [1.165, 1.54) is 7.11 Å². The van der Waals surface area contributed by atoms with Gasteiger partial charge >= 0.3 is 0 Å². The highest BCUT2D eigenvalue weighted by Crippen LogP contribution is 2.46. The number of carbonyl (C=O) groups excluding carboxylic acids is 1. The first kappa shape index (κ1) is 24.8. The van der Waals surface area contributed by atoms with Crippen LogP contribution < -0.4 is 4.74 Å². The molecular weight excluding hydrogens is 520 g/mol. The molecule has 0 spiro atoms. The summed E-state index contributed by atoms with van der Waals surface area (Å²) in [4.78, 5) is 18.2. The number of amides is 1. The fourth-order valence-corrected chi connectivity index (χ4v) is 7.53. The van der Waals surface area contributed by atoms with Crippen LogP contribution in [0.4, 0.5) is 0 Å². The third kappa shape index (κ3) is 4.24. The first-order valence-corrected chi connectivity index (χ1v) is 14.9. The average molecular weight is 551 g/mol. The molecule has 0 bridgehead atoms. The molecule has 11 heteroatoms. The monoisotopic (exact) mass is 550 g/mol. The summed E-state index contributed by atoms with van der Waals surface area (Å²) in [5.41, 5.74) is 3.52. The zero-order chi connectivity index (χ0) is 26.7. The number of nitrogens with zero attached hydrogens (tertiary/aromatic N) is 4. The minimum absolute atomic E-state index is 0.0218. The van der Waals surface area contributed by atoms with Crippen molar-refractivity contribution in [1.82, 2.24) is 19.6 Å². The zero-order valence-electron chi connectivity index (χ0n) is 21.7. The standard InChI is InChI=1S/C28H30N4O6S/c1-36-22-3-2-4-24-25(22)27-20(17-39(24,34)35)26(28(33)31-11-14-38-23-15-21(23)31)29-32(27)19-7-5-18(6-8-19)16-30-9-12-37-13-10-30/h2-8,21,23H,9-17H2,1H3/t21-,23+/m0/s1. The van der Waals surface area contributed by atoms with E-state index in [-0.39, 0.29) is 34.4 Å². The summed E-state index contributed by atoms with van der Waals surface area (Å²) < 4.78 is 45.4. The van der Waals surface area contributed by atoms with Gasteiger partial charge in [0.2, 0.25) is 0 Å². The van der Waals surface area contributed by atoms with Crippen molar-refractivity contribution in [1.29, 1.82) is 0 Å². The van der Waals surface area contributed by atoms with E-state index in [4.69, 9.17) is 19.3 Å². The van der Waals surface area contributed by atoms with E-state index < -0.39 is 9.84 Å². The maximum absolute atomic E-state index is 13.9. The quantitative estimate of drug-likeness (QED) is 0.477. The van der Waals surface area contributed by atoms with Gasteiger partial charge in [-0.2, -0.15) is 5.10 Å². The van der Waals surface area contributed by atoms with Gasteiger partial charge in [-0.15, -0.1) is 0 Å². The first-order chi connectivity index (χ1) is 18.9. The lowest BCUT2D eigenvalue weighted by molar-refractivity contribution is 0.0258. The molecule has 0 unspecified atom stereocenters. The van der Waals surface area contributed by atoms with Crippen molar-refractivity contribution in [2.45, 2.75) is 35.8 Å². The minimum Gasteiger partial charge on any atom is -0.496 e. The number of rotatable bonds is 5. The summed E-state index contributed by atoms with van der Waals surface area (Å²) in [7, 11) is -2.20. The SMILES string of the molecule is COc1cccc2c1-c1c(c(C(=O)N3CCO[C@@H]4C[C@@H]43)nn1-c1ccc(CN3CCOCC3)cc1)CS2(=O)=O. The van der Waals surface area contributed by atoms with Gasteiger partial charge in [0.05, 0.1) is 66.7 Å². The highest BCUT2D eigenvalue weighted by atomic mass is 32.2. The molecular formula is C28H30N4O6S. The van der Waals surface area contributed by atoms with Gasteiger partial charge in [-0.25, -0.2) is 13.1 Å². The van der Waals surface area contributed by atoms with Crippen molar-refractivity contribution in [2.75, 3.05) is 46.6 Å². The molecule has 1 amide bonds. The van der Waals surface area contributed by atoms with Gasteiger partial charge in [-0.3, -0.25) is 9.69 Å². The largest absolute Gasteiger partial charge is 0.496 e. The number of sulfone groups is 1. The second-order valence-corrected chi connectivity index (χ2v) is 12.4. The van der Waals surface area contributed by atoms with Gasteiger partial charge in [0, 0.05) is 31.7 Å². The van der Waals surface area contributed by atoms with Gasteiger partial charge in [0.25, 0.3) is 5.91 Å². The normalized spacial score (nSPS) is 23.5. The molecule has 3 fully saturated rings. The third-order valence-electron chi connectivity index (χ3n) is 8.02. The lowest BCUT2D eigenvalue weighted by Crippen LogP contribution is -2.41. The zero-order valence-corrected chi connectivity index (χ0v) is 22.5. The molecule has 3 aliphatic heterocycles. The van der Waals surface area contributed by atoms with Crippen LogP contribution in [0.5, 0.6) is 5.75 Å². The van der Waals surface area contributed by atoms with Crippen molar-refractivity contribution < 1.29 is 27.4 Å². The van der Waals surface area contributed by atoms with E-state index in [1.54, 1.807) is 27.8 Å². The Balaban J connectivity index is 1.34. The maximum Gasteiger partial charge on any atom is 0.275 e. The second kappa shape index (κ2) is 9.44. The predicted octanol–water partition coefficient (Wildman–Crippen LogP) is 2.28. The molecule has 0 radical (unpaired) electrons. The first-order valence-electron chi connectivity index (χ1n) is 13.3. The summed E-state index contributed by atoms with van der Waals surface area (Å²) in [5.74, 6) is -0.120. The Morgan fingerprint density at radius 1 is 1.08 bits per heavy atom. The van der Waals surface area contributed by atoms with Crippen LogP contribution in [-0.4, -0.2) is 92.6 Å². The number of carbonyl (C=O) groups is 1. The maximum atomic E-state index is 13.9. The Labute approximate surface area is 227 Å². The molecule has 3 aromatic rings. The fraction of sp³-hybridized carbons (Fsp3) is 0.429. The Hall–Kier alpha value is -3.25. The van der Waals surface area contributed by atoms with E-state index in [2.05, 4.69) is 17.0 Å². The van der Waals surface area contributed by atoms with Crippen LogP contribution in [0.25, 0.3) is 16.9 Å². The molecule has 0 N–H and O–H groups in total. The Kier molecular flexibility index (Phi) is 6.00. The Morgan fingerprint density at radius 3 is 2.64 bits per heavy atom. The van der Waals surface area contributed by atoms with E-state index in [0.29, 0.717) is 35.7 Å². The Morgan fingerprint density at radius 2 is 1.87 bits per heavy atom. The molecule has 4 heterocycles. The summed E-state index contributed by atoms with van der Waals surface area (Å²) in [6.07, 6.45) is 0.859. The van der Waals surface area contributed by atoms with Gasteiger partial charge < -0.3 is 19.1 Å². The van der Waals surface area contributed by atoms with Crippen LogP contribution in [0.1, 0.15) is 28.0 Å². The number of morpholine rings is 2. The van der Waals surface area contributed by atoms with Crippen molar-refractivity contribution in [2.24, 2.45) is 0 Å². The van der Waals surface area contributed by atoms with E-state index >= 15 is 0 Å². The molecule has 2 saturated heterocycles. The molecule has 2 aromatic carbocycles. The molecule has 1 aliphatic carbocycles. The van der Waals surface area contributed by atoms with Crippen LogP contribution in [0.3, 0.4) is 0 Å². The number of hydrogen-bond acceptors (Lipinski definition) is 8. The van der Waals surface area contributed by atoms with Crippen molar-refractivity contribution in [3.8, 4) is 22.7 Å². The van der Waals surface area contributed by atoms with E-state index in [9.17, 15) is 13.2 Å². The highest BCUT2D eigenvalue weighted by Gasteiger charge is 2.49. The molecule has 1 saturated carbocycles. The molecule has 10 nitrogen and oxygen atoms in total. The van der Waals surface area contributed by atoms with E-state index in [1.807, 2.05) is 12.1 Å². The molecule has 39 heavy (non-hydrogen) atoms. The predicted molar refractivity (Wildman–Crippen MR) is 142 cm³/mol. The van der Waals surface area contributed by atoms with Gasteiger partial charge in [-0.05, 0) is 36.2 Å². The number of ether oxygens (including phenoxy) is 3. The van der Waals surface area contributed by atoms with Crippen LogP contribution in [0.2, 0.25) is 0 Å². The van der Waals surface area contributed by atoms with Gasteiger partial charge in [0.1, 0.15) is 5.75 Å². The smallest absolute Gasteiger partial charge is 0.275 e. The van der Waals surface area contributed by atoms with Gasteiger partial charge in [-0.1, -0.05) is 18.2 Å². The van der Waals surface area contributed by atoms with Crippen LogP contribution in [0.15, 0.2) is 47.4 Å². The number of methoxy groups -OCH3 is 1. The minimum atomic E-state index is -3.71. The summed E-state index contributed by atoms with van der Waals surface area (Å²) in [6, 6.07) is 13.1. The van der Waals surface area contributed by atoms with Crippen LogP contribution >= 0.6 is 0 Å². The number of hydrogen-bond donors (Lipinski definition) is 0. The molecule has 7 rings (SSSR count). The molecule has 204 valence electrons. The van der Waals surface area contributed by atoms with Gasteiger partial charge in [0.15, 0.2) is 15.5 Å². The molecule has 4 aliphatic rings. The van der Waals surface area contributed by atoms with Crippen molar-refractivity contribution in [3.63, 3.8) is 0 Å². The highest BCUT2D eigenvalue weighted by molar-refractivity contribution is 7.91. The lowest BCUT2D eigenvalue weighted by atomic mass is 10.0. The summed E-state index contributed by atoms with van der Waals surface area (Å²) in [6.45, 7) is 5.02. The third-order valence-corrected chi connectivity index (χ3v) is 9.70. The fourth-order valence-electron chi connectivity index (χ4n) is 5.93. The summed E-state index contributed by atoms with van der Waals surface area (Å²) in [5, 5.41) is 4.81. The molecule has 1 aromatic heterocycles.